The van der Waals surface area contributed by atoms with Crippen molar-refractivity contribution in [3.8, 4) is 0 Å². The van der Waals surface area contributed by atoms with E-state index in [-0.39, 0.29) is 15.9 Å². The Labute approximate surface area is 126 Å². The second kappa shape index (κ2) is 5.93. The fraction of sp³-hybridized carbons (Fsp3) is 0.667. The Bertz CT molecular complexity index is 623. The number of aromatic amines is 1. The van der Waals surface area contributed by atoms with Gasteiger partial charge in [-0.25, -0.2) is 8.42 Å². The molecule has 0 radical (unpaired) electrons. The molecular weight excluding hydrogens is 288 g/mol. The SMILES string of the molecule is CC(C)(C)C1CCCN(S(=O)(=O)c2ccc(=O)[nH]c2)CC1. The van der Waals surface area contributed by atoms with Crippen molar-refractivity contribution in [3.63, 3.8) is 0 Å². The van der Waals surface area contributed by atoms with Crippen molar-refractivity contribution in [2.75, 3.05) is 13.1 Å². The average molecular weight is 312 g/mol. The Hall–Kier alpha value is -1.14. The highest BCUT2D eigenvalue weighted by molar-refractivity contribution is 7.89. The molecule has 1 atom stereocenters. The van der Waals surface area contributed by atoms with Crippen molar-refractivity contribution in [2.45, 2.75) is 44.9 Å². The van der Waals surface area contributed by atoms with Crippen LogP contribution in [-0.4, -0.2) is 30.8 Å². The van der Waals surface area contributed by atoms with E-state index in [2.05, 4.69) is 25.8 Å². The summed E-state index contributed by atoms with van der Waals surface area (Å²) in [6, 6.07) is 2.63. The van der Waals surface area contributed by atoms with E-state index < -0.39 is 10.0 Å². The molecule has 1 aromatic rings. The number of nitrogens with zero attached hydrogens (tertiary/aromatic N) is 1. The number of nitrogens with one attached hydrogen (secondary N) is 1. The molecule has 2 heterocycles. The van der Waals surface area contributed by atoms with E-state index in [0.717, 1.165) is 19.3 Å². The third kappa shape index (κ3) is 3.74. The monoisotopic (exact) mass is 312 g/mol. The van der Waals surface area contributed by atoms with Crippen molar-refractivity contribution in [1.29, 1.82) is 0 Å². The van der Waals surface area contributed by atoms with Gasteiger partial charge in [0, 0.05) is 25.4 Å². The number of sulfonamides is 1. The summed E-state index contributed by atoms with van der Waals surface area (Å²) in [5.41, 5.74) is -0.0878. The molecule has 1 saturated heterocycles. The molecule has 1 unspecified atom stereocenters. The molecule has 21 heavy (non-hydrogen) atoms. The van der Waals surface area contributed by atoms with Crippen LogP contribution in [0.5, 0.6) is 0 Å². The first-order valence-corrected chi connectivity index (χ1v) is 8.84. The smallest absolute Gasteiger partial charge is 0.247 e. The van der Waals surface area contributed by atoms with E-state index in [4.69, 9.17) is 0 Å². The molecule has 1 N–H and O–H groups in total. The molecular formula is C15H24N2O3S. The summed E-state index contributed by atoms with van der Waals surface area (Å²) in [4.78, 5) is 13.7. The van der Waals surface area contributed by atoms with Gasteiger partial charge in [-0.3, -0.25) is 4.79 Å². The molecule has 0 aliphatic carbocycles. The van der Waals surface area contributed by atoms with Crippen LogP contribution in [0.15, 0.2) is 28.0 Å². The highest BCUT2D eigenvalue weighted by Gasteiger charge is 2.31. The number of H-pyrrole nitrogens is 1. The number of hydrogen-bond acceptors (Lipinski definition) is 3. The summed E-state index contributed by atoms with van der Waals surface area (Å²) < 4.78 is 26.8. The van der Waals surface area contributed by atoms with E-state index in [1.54, 1.807) is 4.31 Å². The minimum Gasteiger partial charge on any atom is -0.328 e. The third-order valence-corrected chi connectivity index (χ3v) is 6.20. The van der Waals surface area contributed by atoms with Gasteiger partial charge < -0.3 is 4.98 Å². The standard InChI is InChI=1S/C15H24N2O3S/c1-15(2,3)12-5-4-9-17(10-8-12)21(19,20)13-6-7-14(18)16-11-13/h6-7,11-12H,4-5,8-10H2,1-3H3,(H,16,18). The molecule has 118 valence electrons. The van der Waals surface area contributed by atoms with Gasteiger partial charge in [-0.15, -0.1) is 0 Å². The molecule has 0 bridgehead atoms. The Balaban J connectivity index is 2.18. The molecule has 0 spiro atoms. The van der Waals surface area contributed by atoms with E-state index in [1.165, 1.54) is 18.3 Å². The molecule has 1 fully saturated rings. The summed E-state index contributed by atoms with van der Waals surface area (Å²) in [7, 11) is -3.51. The molecule has 0 saturated carbocycles. The van der Waals surface area contributed by atoms with Crippen LogP contribution in [0.4, 0.5) is 0 Å². The topological polar surface area (TPSA) is 70.2 Å². The lowest BCUT2D eigenvalue weighted by Crippen LogP contribution is -2.33. The summed E-state index contributed by atoms with van der Waals surface area (Å²) in [5, 5.41) is 0. The Morgan fingerprint density at radius 2 is 1.90 bits per heavy atom. The second-order valence-corrected chi connectivity index (χ2v) is 8.72. The van der Waals surface area contributed by atoms with Gasteiger partial charge in [-0.05, 0) is 36.7 Å². The molecule has 1 aromatic heterocycles. The summed E-state index contributed by atoms with van der Waals surface area (Å²) in [6.45, 7) is 7.73. The first-order chi connectivity index (χ1) is 9.71. The lowest BCUT2D eigenvalue weighted by molar-refractivity contribution is 0.217. The first kappa shape index (κ1) is 16.2. The van der Waals surface area contributed by atoms with Gasteiger partial charge in [0.05, 0.1) is 4.90 Å². The van der Waals surface area contributed by atoms with Crippen molar-refractivity contribution < 1.29 is 8.42 Å². The van der Waals surface area contributed by atoms with Crippen LogP contribution in [0, 0.1) is 11.3 Å². The Kier molecular flexibility index (Phi) is 4.58. The number of aromatic nitrogens is 1. The van der Waals surface area contributed by atoms with Gasteiger partial charge in [-0.2, -0.15) is 4.31 Å². The van der Waals surface area contributed by atoms with Gasteiger partial charge in [-0.1, -0.05) is 20.8 Å². The quantitative estimate of drug-likeness (QED) is 0.910. The largest absolute Gasteiger partial charge is 0.328 e. The van der Waals surface area contributed by atoms with Crippen LogP contribution in [-0.2, 0) is 10.0 Å². The van der Waals surface area contributed by atoms with Crippen LogP contribution in [0.25, 0.3) is 0 Å². The number of pyridine rings is 1. The fourth-order valence-electron chi connectivity index (χ4n) is 2.88. The van der Waals surface area contributed by atoms with Crippen LogP contribution in [0.2, 0.25) is 0 Å². The van der Waals surface area contributed by atoms with Crippen molar-refractivity contribution >= 4 is 10.0 Å². The highest BCUT2D eigenvalue weighted by atomic mass is 32.2. The number of hydrogen-bond donors (Lipinski definition) is 1. The lowest BCUT2D eigenvalue weighted by Gasteiger charge is -2.29. The van der Waals surface area contributed by atoms with Crippen molar-refractivity contribution in [1.82, 2.24) is 9.29 Å². The molecule has 6 heteroatoms. The van der Waals surface area contributed by atoms with Gasteiger partial charge in [0.15, 0.2) is 0 Å². The minimum absolute atomic E-state index is 0.163. The zero-order valence-corrected chi connectivity index (χ0v) is 13.7. The Morgan fingerprint density at radius 3 is 2.48 bits per heavy atom. The molecule has 1 aliphatic heterocycles. The van der Waals surface area contributed by atoms with Crippen molar-refractivity contribution in [2.24, 2.45) is 11.3 Å². The van der Waals surface area contributed by atoms with Crippen LogP contribution >= 0.6 is 0 Å². The van der Waals surface area contributed by atoms with Gasteiger partial charge in [0.25, 0.3) is 0 Å². The van der Waals surface area contributed by atoms with Crippen LogP contribution < -0.4 is 5.56 Å². The molecule has 0 amide bonds. The lowest BCUT2D eigenvalue weighted by atomic mass is 9.77. The molecule has 2 rings (SSSR count). The predicted molar refractivity (Wildman–Crippen MR) is 82.6 cm³/mol. The maximum atomic E-state index is 12.6. The third-order valence-electron chi connectivity index (χ3n) is 4.31. The highest BCUT2D eigenvalue weighted by Crippen LogP contribution is 2.35. The van der Waals surface area contributed by atoms with Gasteiger partial charge in [0.2, 0.25) is 15.6 Å². The maximum absolute atomic E-state index is 12.6. The van der Waals surface area contributed by atoms with Crippen LogP contribution in [0.1, 0.15) is 40.0 Å². The molecule has 0 aromatic carbocycles. The number of rotatable bonds is 2. The van der Waals surface area contributed by atoms with E-state index in [9.17, 15) is 13.2 Å². The first-order valence-electron chi connectivity index (χ1n) is 7.40. The van der Waals surface area contributed by atoms with Gasteiger partial charge in [0.1, 0.15) is 0 Å². The summed E-state index contributed by atoms with van der Waals surface area (Å²) >= 11 is 0. The van der Waals surface area contributed by atoms with Gasteiger partial charge >= 0.3 is 0 Å². The fourth-order valence-corrected chi connectivity index (χ4v) is 4.34. The van der Waals surface area contributed by atoms with E-state index >= 15 is 0 Å². The molecule has 5 nitrogen and oxygen atoms in total. The summed E-state index contributed by atoms with van der Waals surface area (Å²) in [5.74, 6) is 0.535. The molecule has 1 aliphatic rings. The second-order valence-electron chi connectivity index (χ2n) is 6.79. The maximum Gasteiger partial charge on any atom is 0.247 e. The van der Waals surface area contributed by atoms with Crippen LogP contribution in [0.3, 0.4) is 0 Å². The van der Waals surface area contributed by atoms with E-state index in [1.807, 2.05) is 0 Å². The normalized spacial score (nSPS) is 22.0. The average Bonchev–Trinajstić information content (AvgIpc) is 2.64. The Morgan fingerprint density at radius 1 is 1.19 bits per heavy atom. The zero-order valence-electron chi connectivity index (χ0n) is 12.9. The summed E-state index contributed by atoms with van der Waals surface area (Å²) in [6.07, 6.45) is 4.10. The van der Waals surface area contributed by atoms with E-state index in [0.29, 0.717) is 19.0 Å². The minimum atomic E-state index is -3.51. The zero-order chi connectivity index (χ0) is 15.7. The van der Waals surface area contributed by atoms with Crippen molar-refractivity contribution in [3.05, 3.63) is 28.7 Å². The predicted octanol–water partition coefficient (Wildman–Crippen LogP) is 2.21.